The Hall–Kier alpha value is -0.820. The van der Waals surface area contributed by atoms with Crippen LogP contribution >= 0.6 is 22.9 Å². The first-order chi connectivity index (χ1) is 10.0. The molecule has 0 bridgehead atoms. The van der Waals surface area contributed by atoms with Crippen molar-refractivity contribution in [3.05, 3.63) is 21.3 Å². The number of aliphatic hydroxyl groups excluding tert-OH is 1. The highest BCUT2D eigenvalue weighted by atomic mass is 35.5. The molecule has 21 heavy (non-hydrogen) atoms. The van der Waals surface area contributed by atoms with Gasteiger partial charge in [0.2, 0.25) is 0 Å². The molecule has 0 aromatic carbocycles. The van der Waals surface area contributed by atoms with E-state index in [1.54, 1.807) is 13.1 Å². The Morgan fingerprint density at radius 3 is 2.71 bits per heavy atom. The highest BCUT2D eigenvalue weighted by Gasteiger charge is 2.30. The molecule has 1 atom stereocenters. The van der Waals surface area contributed by atoms with Gasteiger partial charge in [0.25, 0.3) is 0 Å². The summed E-state index contributed by atoms with van der Waals surface area (Å²) in [5.74, 6) is 0.581. The third kappa shape index (κ3) is 4.85. The maximum Gasteiger partial charge on any atom is 0.191 e. The minimum Gasteiger partial charge on any atom is -0.388 e. The summed E-state index contributed by atoms with van der Waals surface area (Å²) < 4.78 is 0.662. The Kier molecular flexibility index (Phi) is 5.87. The van der Waals surface area contributed by atoms with Gasteiger partial charge in [0.1, 0.15) is 6.10 Å². The summed E-state index contributed by atoms with van der Waals surface area (Å²) in [5.41, 5.74) is -0.627. The molecule has 1 saturated carbocycles. The third-order valence-corrected chi connectivity index (χ3v) is 5.06. The Morgan fingerprint density at radius 2 is 2.14 bits per heavy atom. The molecule has 7 heteroatoms. The van der Waals surface area contributed by atoms with Gasteiger partial charge in [-0.15, -0.1) is 11.3 Å². The van der Waals surface area contributed by atoms with Gasteiger partial charge in [-0.2, -0.15) is 0 Å². The second kappa shape index (κ2) is 7.45. The molecule has 1 aromatic rings. The maximum atomic E-state index is 10.3. The van der Waals surface area contributed by atoms with Gasteiger partial charge in [-0.25, -0.2) is 0 Å². The molecule has 2 rings (SSSR count). The zero-order valence-corrected chi connectivity index (χ0v) is 13.7. The van der Waals surface area contributed by atoms with Crippen molar-refractivity contribution in [2.45, 2.75) is 37.4 Å². The lowest BCUT2D eigenvalue weighted by molar-refractivity contribution is 0.0521. The molecule has 118 valence electrons. The van der Waals surface area contributed by atoms with E-state index in [-0.39, 0.29) is 0 Å². The number of aliphatic hydroxyl groups is 2. The van der Waals surface area contributed by atoms with E-state index in [0.29, 0.717) is 23.4 Å². The number of rotatable bonds is 5. The number of guanidine groups is 1. The maximum absolute atomic E-state index is 10.3. The van der Waals surface area contributed by atoms with Crippen LogP contribution in [0.5, 0.6) is 0 Å². The van der Waals surface area contributed by atoms with Crippen molar-refractivity contribution < 1.29 is 10.2 Å². The first-order valence-corrected chi connectivity index (χ1v) is 8.32. The van der Waals surface area contributed by atoms with E-state index < -0.39 is 11.7 Å². The van der Waals surface area contributed by atoms with Crippen molar-refractivity contribution >= 4 is 28.9 Å². The standard InChI is InChI=1S/C14H22ClN3O2S/c1-16-13(18-9-14(20)6-2-3-7-14)17-8-10(19)11-4-5-12(15)21-11/h4-5,10,19-20H,2-3,6-9H2,1H3,(H2,16,17,18). The molecule has 1 aromatic heterocycles. The Labute approximate surface area is 134 Å². The summed E-state index contributed by atoms with van der Waals surface area (Å²) in [5, 5.41) is 26.5. The topological polar surface area (TPSA) is 76.9 Å². The number of nitrogens with zero attached hydrogens (tertiary/aromatic N) is 1. The molecule has 4 N–H and O–H groups in total. The zero-order valence-electron chi connectivity index (χ0n) is 12.1. The molecule has 0 spiro atoms. The smallest absolute Gasteiger partial charge is 0.191 e. The third-order valence-electron chi connectivity index (χ3n) is 3.73. The normalized spacial score (nSPS) is 19.5. The summed E-state index contributed by atoms with van der Waals surface area (Å²) >= 11 is 7.22. The van der Waals surface area contributed by atoms with Crippen LogP contribution in [0.2, 0.25) is 4.34 Å². The molecular weight excluding hydrogens is 310 g/mol. The van der Waals surface area contributed by atoms with E-state index in [9.17, 15) is 10.2 Å². The molecule has 1 aliphatic carbocycles. The average Bonchev–Trinajstić information content (AvgIpc) is 3.08. The van der Waals surface area contributed by atoms with E-state index in [4.69, 9.17) is 11.6 Å². The summed E-state index contributed by atoms with van der Waals surface area (Å²) in [6.07, 6.45) is 3.17. The molecule has 1 aliphatic rings. The number of thiophene rings is 1. The van der Waals surface area contributed by atoms with Gasteiger partial charge in [0.05, 0.1) is 9.94 Å². The van der Waals surface area contributed by atoms with Crippen molar-refractivity contribution in [1.82, 2.24) is 10.6 Å². The number of hydrogen-bond donors (Lipinski definition) is 4. The van der Waals surface area contributed by atoms with Crippen LogP contribution < -0.4 is 10.6 Å². The van der Waals surface area contributed by atoms with Crippen molar-refractivity contribution in [1.29, 1.82) is 0 Å². The molecular formula is C14H22ClN3O2S. The first-order valence-electron chi connectivity index (χ1n) is 7.13. The number of nitrogens with one attached hydrogen (secondary N) is 2. The van der Waals surface area contributed by atoms with Gasteiger partial charge in [-0.1, -0.05) is 24.4 Å². The van der Waals surface area contributed by atoms with Crippen molar-refractivity contribution in [2.24, 2.45) is 4.99 Å². The summed E-state index contributed by atoms with van der Waals surface area (Å²) in [7, 11) is 1.67. The molecule has 1 fully saturated rings. The van der Waals surface area contributed by atoms with Crippen LogP contribution in [-0.4, -0.2) is 41.9 Å². The lowest BCUT2D eigenvalue weighted by Crippen LogP contribution is -2.46. The predicted molar refractivity (Wildman–Crippen MR) is 87.1 cm³/mol. The summed E-state index contributed by atoms with van der Waals surface area (Å²) in [6.45, 7) is 0.822. The van der Waals surface area contributed by atoms with Crippen molar-refractivity contribution in [3.8, 4) is 0 Å². The van der Waals surface area contributed by atoms with Gasteiger partial charge in [0, 0.05) is 25.0 Å². The highest BCUT2D eigenvalue weighted by Crippen LogP contribution is 2.28. The fraction of sp³-hybridized carbons (Fsp3) is 0.643. The predicted octanol–water partition coefficient (Wildman–Crippen LogP) is 1.90. The largest absolute Gasteiger partial charge is 0.388 e. The van der Waals surface area contributed by atoms with Crippen LogP contribution in [-0.2, 0) is 0 Å². The average molecular weight is 332 g/mol. The van der Waals surface area contributed by atoms with Gasteiger partial charge < -0.3 is 20.8 Å². The van der Waals surface area contributed by atoms with E-state index in [0.717, 1.165) is 30.6 Å². The van der Waals surface area contributed by atoms with Crippen molar-refractivity contribution in [2.75, 3.05) is 20.1 Å². The van der Waals surface area contributed by atoms with Crippen LogP contribution in [0.4, 0.5) is 0 Å². The minimum atomic E-state index is -0.629. The molecule has 1 heterocycles. The van der Waals surface area contributed by atoms with Crippen molar-refractivity contribution in [3.63, 3.8) is 0 Å². The fourth-order valence-corrected chi connectivity index (χ4v) is 3.53. The fourth-order valence-electron chi connectivity index (χ4n) is 2.48. The second-order valence-electron chi connectivity index (χ2n) is 5.40. The highest BCUT2D eigenvalue weighted by molar-refractivity contribution is 7.16. The molecule has 0 radical (unpaired) electrons. The van der Waals surface area contributed by atoms with Crippen LogP contribution in [0.3, 0.4) is 0 Å². The molecule has 0 saturated heterocycles. The number of halogens is 1. The quantitative estimate of drug-likeness (QED) is 0.491. The van der Waals surface area contributed by atoms with Crippen LogP contribution in [0.1, 0.15) is 36.7 Å². The lowest BCUT2D eigenvalue weighted by Gasteiger charge is -2.24. The number of hydrogen-bond acceptors (Lipinski definition) is 4. The van der Waals surface area contributed by atoms with Crippen LogP contribution in [0.15, 0.2) is 17.1 Å². The molecule has 0 amide bonds. The Bertz CT molecular complexity index is 486. The minimum absolute atomic E-state index is 0.342. The SMILES string of the molecule is CN=C(NCC(O)c1ccc(Cl)s1)NCC1(O)CCCC1. The van der Waals surface area contributed by atoms with Crippen LogP contribution in [0, 0.1) is 0 Å². The summed E-state index contributed by atoms with van der Waals surface area (Å²) in [6, 6.07) is 3.59. The van der Waals surface area contributed by atoms with E-state index in [2.05, 4.69) is 15.6 Å². The molecule has 0 aliphatic heterocycles. The van der Waals surface area contributed by atoms with Gasteiger partial charge >= 0.3 is 0 Å². The lowest BCUT2D eigenvalue weighted by atomic mass is 10.0. The second-order valence-corrected chi connectivity index (χ2v) is 7.14. The first kappa shape index (κ1) is 16.5. The van der Waals surface area contributed by atoms with Gasteiger partial charge in [0.15, 0.2) is 5.96 Å². The van der Waals surface area contributed by atoms with E-state index >= 15 is 0 Å². The van der Waals surface area contributed by atoms with Crippen LogP contribution in [0.25, 0.3) is 0 Å². The van der Waals surface area contributed by atoms with Gasteiger partial charge in [-0.3, -0.25) is 4.99 Å². The molecule has 5 nitrogen and oxygen atoms in total. The Balaban J connectivity index is 1.77. The van der Waals surface area contributed by atoms with E-state index in [1.807, 2.05) is 6.07 Å². The monoisotopic (exact) mass is 331 g/mol. The molecule has 1 unspecified atom stereocenters. The zero-order chi connectivity index (χ0) is 15.3. The summed E-state index contributed by atoms with van der Waals surface area (Å²) in [4.78, 5) is 4.92. The Morgan fingerprint density at radius 1 is 1.43 bits per heavy atom. The van der Waals surface area contributed by atoms with Gasteiger partial charge in [-0.05, 0) is 25.0 Å². The number of aliphatic imine (C=N–C) groups is 1. The van der Waals surface area contributed by atoms with E-state index in [1.165, 1.54) is 11.3 Å².